The predicted octanol–water partition coefficient (Wildman–Crippen LogP) is 17.3. The minimum absolute atomic E-state index is 0.132. The summed E-state index contributed by atoms with van der Waals surface area (Å²) >= 11 is 0. The summed E-state index contributed by atoms with van der Waals surface area (Å²) in [4.78, 5) is 0. The number of hydrogen-bond donors (Lipinski definition) is 0. The summed E-state index contributed by atoms with van der Waals surface area (Å²) in [5, 5.41) is 18.6. The van der Waals surface area contributed by atoms with Gasteiger partial charge in [0.25, 0.3) is 0 Å². The highest BCUT2D eigenvalue weighted by Crippen LogP contribution is 2.38. The maximum absolute atomic E-state index is 12.6. The minimum Gasteiger partial charge on any atom is -0.314 e. The fourth-order valence-corrected chi connectivity index (χ4v) is 9.26. The Labute approximate surface area is 476 Å². The van der Waals surface area contributed by atoms with Crippen molar-refractivity contribution in [3.8, 4) is 12.1 Å². The maximum atomic E-state index is 12.6. The van der Waals surface area contributed by atoms with Gasteiger partial charge in [0, 0.05) is 10.6 Å². The highest BCUT2D eigenvalue weighted by molar-refractivity contribution is 7.78. The first-order chi connectivity index (χ1) is 38.3. The molecule has 0 bridgehead atoms. The Morgan fingerprint density at radius 3 is 1.05 bits per heavy atom. The number of nitrogens with zero attached hydrogens (tertiary/aromatic N) is 2. The highest BCUT2D eigenvalue weighted by atomic mass is 31.2. The monoisotopic (exact) mass is 1080 g/mol. The van der Waals surface area contributed by atoms with E-state index < -0.39 is 7.14 Å². The van der Waals surface area contributed by atoms with Crippen LogP contribution in [0.15, 0.2) is 261 Å². The number of nitriles is 2. The van der Waals surface area contributed by atoms with E-state index in [1.54, 1.807) is 43.3 Å². The van der Waals surface area contributed by atoms with Crippen molar-refractivity contribution in [3.05, 3.63) is 334 Å². The van der Waals surface area contributed by atoms with Gasteiger partial charge in [-0.05, 0) is 133 Å². The average molecular weight is 1080 g/mol. The van der Waals surface area contributed by atoms with Crippen molar-refractivity contribution in [1.82, 2.24) is 0 Å². The molecule has 0 heterocycles. The van der Waals surface area contributed by atoms with Crippen molar-refractivity contribution in [2.75, 3.05) is 6.66 Å². The molecule has 0 aliphatic carbocycles. The van der Waals surface area contributed by atoms with Gasteiger partial charge in [-0.3, -0.25) is 0 Å². The van der Waals surface area contributed by atoms with Crippen LogP contribution < -0.4 is 21.5 Å². The molecule has 0 saturated heterocycles. The second-order valence-electron chi connectivity index (χ2n) is 19.1. The van der Waals surface area contributed by atoms with Gasteiger partial charge in [0.05, 0.1) is 23.3 Å². The molecule has 10 aromatic rings. The fraction of sp³-hybridized carbons (Fsp3) is 0.139. The lowest BCUT2D eigenvalue weighted by molar-refractivity contribution is 0.590. The molecule has 10 aromatic carbocycles. The van der Waals surface area contributed by atoms with Gasteiger partial charge in [-0.15, -0.1) is 0 Å². The summed E-state index contributed by atoms with van der Waals surface area (Å²) < 4.78 is 49.2. The molecule has 80 heavy (non-hydrogen) atoms. The van der Waals surface area contributed by atoms with E-state index in [1.165, 1.54) is 63.5 Å². The Bertz CT molecular complexity index is 3260. The van der Waals surface area contributed by atoms with E-state index in [0.717, 1.165) is 38.4 Å². The number of halogens is 3. The zero-order chi connectivity index (χ0) is 58.7. The van der Waals surface area contributed by atoms with Crippen LogP contribution in [0, 0.1) is 95.5 Å². The molecule has 0 unspecified atom stereocenters. The average Bonchev–Trinajstić information content (AvgIpc) is 3.46. The molecular formula is C72H73BF3N2OP. The van der Waals surface area contributed by atoms with Crippen molar-refractivity contribution >= 4 is 35.4 Å². The second-order valence-corrected chi connectivity index (χ2v) is 22.0. The lowest BCUT2D eigenvalue weighted by atomic mass is 9.43. The molecule has 0 aliphatic rings. The predicted molar refractivity (Wildman–Crippen MR) is 335 cm³/mol. The first-order valence-corrected chi connectivity index (χ1v) is 28.4. The molecule has 0 spiro atoms. The Kier molecular flexibility index (Phi) is 29.8. The molecule has 406 valence electrons. The molecule has 0 N–H and O–H groups in total. The second kappa shape index (κ2) is 36.4. The fourth-order valence-electron chi connectivity index (χ4n) is 7.48. The van der Waals surface area contributed by atoms with Crippen LogP contribution in [0.5, 0.6) is 0 Å². The first kappa shape index (κ1) is 65.5. The molecular weight excluding hydrogens is 1010 g/mol. The van der Waals surface area contributed by atoms with Crippen LogP contribution in [0.25, 0.3) is 0 Å². The van der Waals surface area contributed by atoms with E-state index in [-0.39, 0.29) is 17.5 Å². The van der Waals surface area contributed by atoms with Crippen LogP contribution in [0.4, 0.5) is 13.2 Å². The third-order valence-electron chi connectivity index (χ3n) is 11.9. The molecule has 3 nitrogen and oxygen atoms in total. The Balaban J connectivity index is 0.000000243. The molecule has 0 aromatic heterocycles. The summed E-state index contributed by atoms with van der Waals surface area (Å²) in [6, 6.07) is 85.8. The molecule has 0 amide bonds. The van der Waals surface area contributed by atoms with Crippen molar-refractivity contribution in [3.63, 3.8) is 0 Å². The van der Waals surface area contributed by atoms with Crippen LogP contribution in [0.1, 0.15) is 55.6 Å². The summed E-state index contributed by atoms with van der Waals surface area (Å²) in [5.41, 5.74) is 13.3. The van der Waals surface area contributed by atoms with Gasteiger partial charge < -0.3 is 4.57 Å². The Morgan fingerprint density at radius 2 is 0.725 bits per heavy atom. The Hall–Kier alpha value is -8.74. The van der Waals surface area contributed by atoms with E-state index in [0.29, 0.717) is 12.3 Å². The van der Waals surface area contributed by atoms with E-state index in [4.69, 9.17) is 10.5 Å². The smallest absolute Gasteiger partial charge is 0.206 e. The SMILES string of the molecule is CB(c1ccccc1)c1ccccc1.CP(=O)(c1ccccc1)c1ccccc1.Cc1cc(C)cc(C)c1.Cc1ccc(C#N)cc1.Cc1ccc(F)cc1.Cc1cccc(C#N)c1.Cc1cccc(F)c1.Cc1ccccc1F. The van der Waals surface area contributed by atoms with Gasteiger partial charge in [-0.25, -0.2) is 13.2 Å². The van der Waals surface area contributed by atoms with E-state index >= 15 is 0 Å². The van der Waals surface area contributed by atoms with E-state index in [9.17, 15) is 17.7 Å². The lowest BCUT2D eigenvalue weighted by Crippen LogP contribution is -2.38. The third-order valence-corrected chi connectivity index (χ3v) is 14.4. The normalized spacial score (nSPS) is 9.59. The van der Waals surface area contributed by atoms with Crippen LogP contribution in [0.3, 0.4) is 0 Å². The van der Waals surface area contributed by atoms with Crippen LogP contribution >= 0.6 is 7.14 Å². The van der Waals surface area contributed by atoms with Crippen LogP contribution in [0.2, 0.25) is 6.82 Å². The van der Waals surface area contributed by atoms with E-state index in [2.05, 4.69) is 119 Å². The quantitative estimate of drug-likeness (QED) is 0.130. The van der Waals surface area contributed by atoms with Gasteiger partial charge in [0.1, 0.15) is 24.6 Å². The highest BCUT2D eigenvalue weighted by Gasteiger charge is 2.19. The number of hydrogen-bond acceptors (Lipinski definition) is 3. The molecule has 0 saturated carbocycles. The summed E-state index contributed by atoms with van der Waals surface area (Å²) in [6.07, 6.45) is 0. The van der Waals surface area contributed by atoms with Crippen LogP contribution in [-0.4, -0.2) is 13.4 Å². The Morgan fingerprint density at radius 1 is 0.350 bits per heavy atom. The van der Waals surface area contributed by atoms with Gasteiger partial charge in [-0.1, -0.05) is 252 Å². The molecule has 0 fully saturated rings. The number of benzene rings is 10. The first-order valence-electron chi connectivity index (χ1n) is 26.2. The van der Waals surface area contributed by atoms with Gasteiger partial charge in [0.15, 0.2) is 0 Å². The van der Waals surface area contributed by atoms with Crippen LogP contribution in [-0.2, 0) is 4.57 Å². The van der Waals surface area contributed by atoms with Crippen molar-refractivity contribution in [2.24, 2.45) is 0 Å². The molecule has 0 aliphatic heterocycles. The van der Waals surface area contributed by atoms with Crippen molar-refractivity contribution < 1.29 is 17.7 Å². The van der Waals surface area contributed by atoms with Gasteiger partial charge in [0.2, 0.25) is 6.71 Å². The van der Waals surface area contributed by atoms with E-state index in [1.807, 2.05) is 150 Å². The molecule has 0 atom stereocenters. The summed E-state index contributed by atoms with van der Waals surface area (Å²) in [7, 11) is -2.40. The van der Waals surface area contributed by atoms with Gasteiger partial charge >= 0.3 is 0 Å². The summed E-state index contributed by atoms with van der Waals surface area (Å²) in [6.45, 7) is 20.4. The topological polar surface area (TPSA) is 64.7 Å². The van der Waals surface area contributed by atoms with Crippen molar-refractivity contribution in [1.29, 1.82) is 10.5 Å². The number of aryl methyl sites for hydroxylation is 8. The zero-order valence-electron chi connectivity index (χ0n) is 47.8. The third kappa shape index (κ3) is 26.5. The summed E-state index contributed by atoms with van der Waals surface area (Å²) in [5.74, 6) is -0.465. The lowest BCUT2D eigenvalue weighted by Gasteiger charge is -2.13. The standard InChI is InChI=1S/C13H13B.C13H13OP.C9H12.2C8H7N.3C7H7F/c1-14(12-8-4-2-5-9-12)13-10-6-3-7-11-13;1-15(14,12-8-4-2-5-9-12)13-10-6-3-7-11-13;1-7-4-8(2)6-9(3)5-7;1-7-2-4-8(6-9)5-3-7;1-7-3-2-4-8(5-7)6-9;1-6-2-4-7(8)5-3-6;1-6-3-2-4-7(8)5-6;1-6-4-2-3-5-7(6)8/h2-11H,1H3;2-11H,1H3;4-6H,1-3H3;2*2-5H,1H3;3*2-5H,1H3. The van der Waals surface area contributed by atoms with Crippen molar-refractivity contribution in [2.45, 2.75) is 62.2 Å². The molecule has 10 rings (SSSR count). The molecule has 8 heteroatoms. The van der Waals surface area contributed by atoms with Gasteiger partial charge in [-0.2, -0.15) is 10.5 Å². The largest absolute Gasteiger partial charge is 0.314 e. The minimum atomic E-state index is -2.40. The molecule has 0 radical (unpaired) electrons. The maximum Gasteiger partial charge on any atom is 0.206 e. The zero-order valence-corrected chi connectivity index (χ0v) is 48.7. The number of rotatable bonds is 4.